The predicted molar refractivity (Wildman–Crippen MR) is 135 cm³/mol. The summed E-state index contributed by atoms with van der Waals surface area (Å²) in [5, 5.41) is 16.6. The first-order valence-electron chi connectivity index (χ1n) is 12.0. The summed E-state index contributed by atoms with van der Waals surface area (Å²) in [6.07, 6.45) is 3.87. The Hall–Kier alpha value is -3.61. The minimum atomic E-state index is -0.579. The quantitative estimate of drug-likeness (QED) is 0.247. The van der Waals surface area contributed by atoms with Gasteiger partial charge in [0.15, 0.2) is 0 Å². The van der Waals surface area contributed by atoms with Gasteiger partial charge in [0.2, 0.25) is 5.88 Å². The molecule has 2 aliphatic rings. The summed E-state index contributed by atoms with van der Waals surface area (Å²) < 4.78 is 15.0. The molecule has 0 saturated carbocycles. The summed E-state index contributed by atoms with van der Waals surface area (Å²) in [5.74, 6) is 1.32. The Morgan fingerprint density at radius 2 is 1.97 bits per heavy atom. The lowest BCUT2D eigenvalue weighted by Gasteiger charge is -2.53. The van der Waals surface area contributed by atoms with Crippen molar-refractivity contribution in [3.05, 3.63) is 87.1 Å². The SMILES string of the molecule is CC(C)=CCC[C@@]1(C)Oc2c(c(C)nn2-c2ccccc2)[C@]2(C)c3cc([N+](=O)[O-])ccc3OC[C@@H]21. The zero-order chi connectivity index (χ0) is 25.0. The molecule has 0 spiro atoms. The Morgan fingerprint density at radius 3 is 2.66 bits per heavy atom. The Kier molecular flexibility index (Phi) is 5.46. The average molecular weight is 474 g/mol. The van der Waals surface area contributed by atoms with Crippen LogP contribution in [0, 0.1) is 23.0 Å². The van der Waals surface area contributed by atoms with Crippen LogP contribution in [0.2, 0.25) is 0 Å². The van der Waals surface area contributed by atoms with Gasteiger partial charge in [-0.05, 0) is 58.7 Å². The van der Waals surface area contributed by atoms with E-state index in [1.807, 2.05) is 41.9 Å². The second kappa shape index (κ2) is 8.26. The number of benzene rings is 2. The molecular formula is C28H31N3O4. The van der Waals surface area contributed by atoms with Crippen LogP contribution in [0.15, 0.2) is 60.2 Å². The highest BCUT2D eigenvalue weighted by Gasteiger charge is 2.59. The molecule has 0 aliphatic carbocycles. The molecule has 7 heteroatoms. The van der Waals surface area contributed by atoms with Gasteiger partial charge < -0.3 is 9.47 Å². The van der Waals surface area contributed by atoms with E-state index in [0.29, 0.717) is 18.2 Å². The Balaban J connectivity index is 1.76. The number of hydrogen-bond acceptors (Lipinski definition) is 5. The van der Waals surface area contributed by atoms with Gasteiger partial charge in [0.05, 0.1) is 22.9 Å². The first kappa shape index (κ1) is 23.1. The van der Waals surface area contributed by atoms with Crippen molar-refractivity contribution in [1.29, 1.82) is 0 Å². The van der Waals surface area contributed by atoms with Crippen LogP contribution in [0.1, 0.15) is 57.4 Å². The third kappa shape index (κ3) is 3.61. The van der Waals surface area contributed by atoms with Crippen LogP contribution in [-0.4, -0.2) is 26.9 Å². The fraction of sp³-hybridized carbons (Fsp3) is 0.393. The molecule has 0 saturated heterocycles. The minimum Gasteiger partial charge on any atom is -0.493 e. The van der Waals surface area contributed by atoms with E-state index < -0.39 is 11.0 Å². The highest BCUT2D eigenvalue weighted by molar-refractivity contribution is 5.59. The maximum Gasteiger partial charge on any atom is 0.270 e. The molecule has 5 rings (SSSR count). The van der Waals surface area contributed by atoms with Crippen molar-refractivity contribution in [3.63, 3.8) is 0 Å². The average Bonchev–Trinajstić information content (AvgIpc) is 3.15. The molecule has 0 N–H and O–H groups in total. The Morgan fingerprint density at radius 1 is 1.23 bits per heavy atom. The lowest BCUT2D eigenvalue weighted by Crippen LogP contribution is -2.58. The lowest BCUT2D eigenvalue weighted by molar-refractivity contribution is -0.385. The summed E-state index contributed by atoms with van der Waals surface area (Å²) in [4.78, 5) is 11.4. The molecule has 0 radical (unpaired) electrons. The number of nitro groups is 1. The van der Waals surface area contributed by atoms with Crippen LogP contribution >= 0.6 is 0 Å². The number of ether oxygens (including phenoxy) is 2. The first-order chi connectivity index (χ1) is 16.6. The number of nitrogens with zero attached hydrogens (tertiary/aromatic N) is 3. The van der Waals surface area contributed by atoms with Crippen molar-refractivity contribution >= 4 is 5.69 Å². The van der Waals surface area contributed by atoms with Crippen molar-refractivity contribution in [2.75, 3.05) is 6.61 Å². The van der Waals surface area contributed by atoms with Gasteiger partial charge in [-0.15, -0.1) is 0 Å². The highest BCUT2D eigenvalue weighted by atomic mass is 16.6. The molecule has 0 unspecified atom stereocenters. The number of fused-ring (bicyclic) bond motifs is 5. The molecule has 0 fully saturated rings. The molecule has 182 valence electrons. The van der Waals surface area contributed by atoms with Gasteiger partial charge >= 0.3 is 0 Å². The molecule has 3 aromatic rings. The van der Waals surface area contributed by atoms with Crippen LogP contribution in [0.5, 0.6) is 11.6 Å². The molecule has 3 atom stereocenters. The minimum absolute atomic E-state index is 0.0571. The van der Waals surface area contributed by atoms with E-state index >= 15 is 0 Å². The van der Waals surface area contributed by atoms with Crippen molar-refractivity contribution in [3.8, 4) is 17.3 Å². The van der Waals surface area contributed by atoms with Crippen molar-refractivity contribution < 1.29 is 14.4 Å². The predicted octanol–water partition coefficient (Wildman–Crippen LogP) is 6.30. The van der Waals surface area contributed by atoms with Gasteiger partial charge in [-0.25, -0.2) is 4.68 Å². The third-order valence-electron chi connectivity index (χ3n) is 7.63. The number of hydrogen-bond donors (Lipinski definition) is 0. The van der Waals surface area contributed by atoms with Gasteiger partial charge in [0, 0.05) is 34.6 Å². The lowest BCUT2D eigenvalue weighted by atomic mass is 9.58. The smallest absolute Gasteiger partial charge is 0.270 e. The van der Waals surface area contributed by atoms with E-state index in [0.717, 1.165) is 35.3 Å². The molecule has 2 aliphatic heterocycles. The summed E-state index contributed by atoms with van der Waals surface area (Å²) in [5.41, 5.74) is 3.71. The molecule has 2 aromatic carbocycles. The molecule has 35 heavy (non-hydrogen) atoms. The van der Waals surface area contributed by atoms with Crippen molar-refractivity contribution in [2.45, 2.75) is 58.5 Å². The molecular weight excluding hydrogens is 442 g/mol. The zero-order valence-corrected chi connectivity index (χ0v) is 20.9. The molecule has 0 bridgehead atoms. The van der Waals surface area contributed by atoms with Crippen LogP contribution in [0.3, 0.4) is 0 Å². The maximum absolute atomic E-state index is 11.7. The standard InChI is InChI=1S/C28H31N3O4/c1-18(2)10-9-15-27(4)24-17-34-23-14-13-21(31(32)33)16-22(23)28(24,5)25-19(3)29-30(26(25)35-27)20-11-7-6-8-12-20/h6-8,10-14,16,24H,9,15,17H2,1-5H3/t24-,27-,28-/m1/s1. The number of aromatic nitrogens is 2. The molecule has 0 amide bonds. The van der Waals surface area contributed by atoms with E-state index in [4.69, 9.17) is 14.6 Å². The highest BCUT2D eigenvalue weighted by Crippen LogP contribution is 2.59. The largest absolute Gasteiger partial charge is 0.493 e. The first-order valence-corrected chi connectivity index (χ1v) is 12.0. The monoisotopic (exact) mass is 473 g/mol. The Labute approximate surface area is 205 Å². The normalized spacial score (nSPS) is 24.3. The van der Waals surface area contributed by atoms with E-state index in [-0.39, 0.29) is 16.5 Å². The third-order valence-corrected chi connectivity index (χ3v) is 7.63. The maximum atomic E-state index is 11.7. The molecule has 3 heterocycles. The summed E-state index contributed by atoms with van der Waals surface area (Å²) >= 11 is 0. The van der Waals surface area contributed by atoms with E-state index in [9.17, 15) is 10.1 Å². The molecule has 1 aromatic heterocycles. The van der Waals surface area contributed by atoms with Gasteiger partial charge in [-0.3, -0.25) is 10.1 Å². The van der Waals surface area contributed by atoms with Gasteiger partial charge in [0.25, 0.3) is 5.69 Å². The number of para-hydroxylation sites is 1. The fourth-order valence-corrected chi connectivity index (χ4v) is 5.89. The number of nitro benzene ring substituents is 1. The van der Waals surface area contributed by atoms with E-state index in [1.165, 1.54) is 11.6 Å². The van der Waals surface area contributed by atoms with Gasteiger partial charge in [-0.1, -0.05) is 36.8 Å². The zero-order valence-electron chi connectivity index (χ0n) is 20.9. The molecule has 7 nitrogen and oxygen atoms in total. The van der Waals surface area contributed by atoms with E-state index in [1.54, 1.807) is 12.1 Å². The topological polar surface area (TPSA) is 79.4 Å². The van der Waals surface area contributed by atoms with Crippen LogP contribution in [-0.2, 0) is 5.41 Å². The summed E-state index contributed by atoms with van der Waals surface area (Å²) in [6, 6.07) is 14.9. The fourth-order valence-electron chi connectivity index (χ4n) is 5.89. The van der Waals surface area contributed by atoms with Gasteiger partial charge in [0.1, 0.15) is 11.4 Å². The number of non-ortho nitro benzene ring substituents is 1. The van der Waals surface area contributed by atoms with E-state index in [2.05, 4.69) is 33.8 Å². The number of allylic oxidation sites excluding steroid dienone is 2. The van der Waals surface area contributed by atoms with Crippen molar-refractivity contribution in [1.82, 2.24) is 9.78 Å². The summed E-state index contributed by atoms with van der Waals surface area (Å²) in [6.45, 7) is 11.0. The second-order valence-electron chi connectivity index (χ2n) is 10.3. The Bertz CT molecular complexity index is 1330. The van der Waals surface area contributed by atoms with Crippen LogP contribution in [0.4, 0.5) is 5.69 Å². The van der Waals surface area contributed by atoms with Crippen molar-refractivity contribution in [2.24, 2.45) is 5.92 Å². The summed E-state index contributed by atoms with van der Waals surface area (Å²) in [7, 11) is 0. The van der Waals surface area contributed by atoms with Crippen LogP contribution in [0.25, 0.3) is 5.69 Å². The van der Waals surface area contributed by atoms with Crippen LogP contribution < -0.4 is 9.47 Å². The number of aryl methyl sites for hydroxylation is 1. The number of rotatable bonds is 5. The second-order valence-corrected chi connectivity index (χ2v) is 10.3. The van der Waals surface area contributed by atoms with Gasteiger partial charge in [-0.2, -0.15) is 5.10 Å².